The van der Waals surface area contributed by atoms with E-state index in [1.165, 1.54) is 4.90 Å². The summed E-state index contributed by atoms with van der Waals surface area (Å²) < 4.78 is 11.4. The molecule has 1 aromatic heterocycles. The Hall–Kier alpha value is -2.15. The topological polar surface area (TPSA) is 64.6 Å². The quantitative estimate of drug-likeness (QED) is 0.847. The molecular formula is C14H14BrN3O3. The van der Waals surface area contributed by atoms with Crippen LogP contribution in [0.2, 0.25) is 0 Å². The lowest BCUT2D eigenvalue weighted by molar-refractivity contribution is 0.0820. The summed E-state index contributed by atoms with van der Waals surface area (Å²) in [7, 11) is 4.90. The third kappa shape index (κ3) is 3.69. The fourth-order valence-electron chi connectivity index (χ4n) is 1.52. The predicted molar refractivity (Wildman–Crippen MR) is 80.8 cm³/mol. The van der Waals surface area contributed by atoms with E-state index in [0.29, 0.717) is 17.4 Å². The van der Waals surface area contributed by atoms with Crippen LogP contribution in [0.4, 0.5) is 0 Å². The Kier molecular flexibility index (Phi) is 4.74. The number of carbonyl (C=O) groups excluding carboxylic acids is 1. The molecule has 7 heteroatoms. The monoisotopic (exact) mass is 351 g/mol. The van der Waals surface area contributed by atoms with Crippen molar-refractivity contribution in [3.8, 4) is 17.4 Å². The van der Waals surface area contributed by atoms with Crippen LogP contribution in [-0.4, -0.2) is 42.2 Å². The standard InChI is InChI=1S/C14H14BrN3O3/c1-18(2)14(19)11-5-7-13(17-16-11)21-12-6-4-9(20-3)8-10(12)15/h4-8H,1-3H3. The molecule has 0 atom stereocenters. The highest BCUT2D eigenvalue weighted by atomic mass is 79.9. The Morgan fingerprint density at radius 1 is 1.19 bits per heavy atom. The summed E-state index contributed by atoms with van der Waals surface area (Å²) in [5.74, 6) is 1.39. The predicted octanol–water partition coefficient (Wildman–Crippen LogP) is 2.74. The number of hydrogen-bond donors (Lipinski definition) is 0. The molecule has 0 saturated heterocycles. The first-order chi connectivity index (χ1) is 10.0. The average molecular weight is 352 g/mol. The number of benzene rings is 1. The van der Waals surface area contributed by atoms with E-state index in [1.807, 2.05) is 0 Å². The molecule has 0 aliphatic heterocycles. The van der Waals surface area contributed by atoms with Gasteiger partial charge in [-0.3, -0.25) is 4.79 Å². The van der Waals surface area contributed by atoms with Crippen molar-refractivity contribution in [2.45, 2.75) is 0 Å². The molecule has 0 fully saturated rings. The van der Waals surface area contributed by atoms with E-state index >= 15 is 0 Å². The molecular weight excluding hydrogens is 338 g/mol. The van der Waals surface area contributed by atoms with Crippen molar-refractivity contribution in [2.75, 3.05) is 21.2 Å². The number of aromatic nitrogens is 2. The summed E-state index contributed by atoms with van der Waals surface area (Å²) in [6, 6.07) is 8.48. The van der Waals surface area contributed by atoms with E-state index in [0.717, 1.165) is 4.47 Å². The third-order valence-corrected chi connectivity index (χ3v) is 3.24. The Balaban J connectivity index is 2.15. The fourth-order valence-corrected chi connectivity index (χ4v) is 1.96. The highest BCUT2D eigenvalue weighted by molar-refractivity contribution is 9.10. The van der Waals surface area contributed by atoms with Crippen LogP contribution in [0.5, 0.6) is 17.4 Å². The van der Waals surface area contributed by atoms with Gasteiger partial charge in [-0.25, -0.2) is 0 Å². The van der Waals surface area contributed by atoms with Crippen LogP contribution in [0.1, 0.15) is 10.5 Å². The van der Waals surface area contributed by atoms with Crippen molar-refractivity contribution in [2.24, 2.45) is 0 Å². The number of methoxy groups -OCH3 is 1. The number of ether oxygens (including phenoxy) is 2. The van der Waals surface area contributed by atoms with Crippen LogP contribution in [0.3, 0.4) is 0 Å². The third-order valence-electron chi connectivity index (χ3n) is 2.62. The second-order valence-electron chi connectivity index (χ2n) is 4.35. The maximum atomic E-state index is 11.7. The molecule has 21 heavy (non-hydrogen) atoms. The molecule has 2 aromatic rings. The zero-order valence-corrected chi connectivity index (χ0v) is 13.4. The zero-order valence-electron chi connectivity index (χ0n) is 11.8. The van der Waals surface area contributed by atoms with Gasteiger partial charge in [0.25, 0.3) is 5.91 Å². The molecule has 0 radical (unpaired) electrons. The van der Waals surface area contributed by atoms with Gasteiger partial charge in [0.2, 0.25) is 5.88 Å². The van der Waals surface area contributed by atoms with Gasteiger partial charge in [-0.05, 0) is 40.2 Å². The van der Waals surface area contributed by atoms with E-state index in [4.69, 9.17) is 9.47 Å². The molecule has 0 aliphatic carbocycles. The summed E-state index contributed by atoms with van der Waals surface area (Å²) in [6.07, 6.45) is 0. The number of hydrogen-bond acceptors (Lipinski definition) is 5. The fraction of sp³-hybridized carbons (Fsp3) is 0.214. The smallest absolute Gasteiger partial charge is 0.273 e. The molecule has 1 aromatic carbocycles. The van der Waals surface area contributed by atoms with Crippen molar-refractivity contribution in [1.82, 2.24) is 15.1 Å². The Labute approximate surface area is 130 Å². The van der Waals surface area contributed by atoms with Gasteiger partial charge in [-0.15, -0.1) is 10.2 Å². The van der Waals surface area contributed by atoms with E-state index in [-0.39, 0.29) is 11.6 Å². The number of rotatable bonds is 4. The van der Waals surface area contributed by atoms with Crippen LogP contribution in [0, 0.1) is 0 Å². The Morgan fingerprint density at radius 2 is 1.95 bits per heavy atom. The van der Waals surface area contributed by atoms with Gasteiger partial charge < -0.3 is 14.4 Å². The molecule has 110 valence electrons. The number of nitrogens with zero attached hydrogens (tertiary/aromatic N) is 3. The van der Waals surface area contributed by atoms with Gasteiger partial charge >= 0.3 is 0 Å². The van der Waals surface area contributed by atoms with Crippen molar-refractivity contribution in [3.05, 3.63) is 40.5 Å². The first-order valence-corrected chi connectivity index (χ1v) is 6.87. The molecule has 1 heterocycles. The number of carbonyl (C=O) groups is 1. The van der Waals surface area contributed by atoms with E-state index in [2.05, 4.69) is 26.1 Å². The van der Waals surface area contributed by atoms with Crippen LogP contribution < -0.4 is 9.47 Å². The lowest BCUT2D eigenvalue weighted by atomic mass is 10.3. The van der Waals surface area contributed by atoms with Gasteiger partial charge in [-0.2, -0.15) is 0 Å². The lowest BCUT2D eigenvalue weighted by Crippen LogP contribution is -2.23. The Bertz CT molecular complexity index is 644. The average Bonchev–Trinajstić information content (AvgIpc) is 2.49. The van der Waals surface area contributed by atoms with E-state index in [9.17, 15) is 4.79 Å². The van der Waals surface area contributed by atoms with Gasteiger partial charge in [0, 0.05) is 20.2 Å². The molecule has 0 saturated carbocycles. The van der Waals surface area contributed by atoms with Crippen molar-refractivity contribution < 1.29 is 14.3 Å². The molecule has 6 nitrogen and oxygen atoms in total. The molecule has 0 spiro atoms. The highest BCUT2D eigenvalue weighted by Gasteiger charge is 2.11. The van der Waals surface area contributed by atoms with Crippen molar-refractivity contribution in [1.29, 1.82) is 0 Å². The SMILES string of the molecule is COc1ccc(Oc2ccc(C(=O)N(C)C)nn2)c(Br)c1. The van der Waals surface area contributed by atoms with Crippen LogP contribution in [0.25, 0.3) is 0 Å². The minimum absolute atomic E-state index is 0.209. The molecule has 0 N–H and O–H groups in total. The van der Waals surface area contributed by atoms with E-state index < -0.39 is 0 Å². The largest absolute Gasteiger partial charge is 0.497 e. The summed E-state index contributed by atoms with van der Waals surface area (Å²) in [5.41, 5.74) is 0.265. The molecule has 0 aliphatic rings. The maximum absolute atomic E-state index is 11.7. The van der Waals surface area contributed by atoms with Crippen LogP contribution in [0.15, 0.2) is 34.8 Å². The first-order valence-electron chi connectivity index (χ1n) is 6.08. The van der Waals surface area contributed by atoms with Gasteiger partial charge in [0.1, 0.15) is 11.5 Å². The van der Waals surface area contributed by atoms with Crippen molar-refractivity contribution >= 4 is 21.8 Å². The van der Waals surface area contributed by atoms with Crippen LogP contribution in [-0.2, 0) is 0 Å². The molecule has 0 bridgehead atoms. The molecule has 2 rings (SSSR count). The van der Waals surface area contributed by atoms with Crippen LogP contribution >= 0.6 is 15.9 Å². The van der Waals surface area contributed by atoms with E-state index in [1.54, 1.807) is 51.5 Å². The second kappa shape index (κ2) is 6.53. The van der Waals surface area contributed by atoms with Crippen molar-refractivity contribution in [3.63, 3.8) is 0 Å². The normalized spacial score (nSPS) is 10.1. The minimum atomic E-state index is -0.209. The summed E-state index contributed by atoms with van der Waals surface area (Å²) in [5, 5.41) is 7.74. The molecule has 0 unspecified atom stereocenters. The number of halogens is 1. The Morgan fingerprint density at radius 3 is 2.48 bits per heavy atom. The van der Waals surface area contributed by atoms with Gasteiger partial charge in [-0.1, -0.05) is 0 Å². The summed E-state index contributed by atoms with van der Waals surface area (Å²) in [4.78, 5) is 13.1. The lowest BCUT2D eigenvalue weighted by Gasteiger charge is -2.10. The summed E-state index contributed by atoms with van der Waals surface area (Å²) in [6.45, 7) is 0. The molecule has 1 amide bonds. The van der Waals surface area contributed by atoms with Gasteiger partial charge in [0.05, 0.1) is 11.6 Å². The second-order valence-corrected chi connectivity index (χ2v) is 5.21. The first kappa shape index (κ1) is 15.2. The number of amides is 1. The maximum Gasteiger partial charge on any atom is 0.273 e. The van der Waals surface area contributed by atoms with Gasteiger partial charge in [0.15, 0.2) is 5.69 Å². The summed E-state index contributed by atoms with van der Waals surface area (Å²) >= 11 is 3.39. The highest BCUT2D eigenvalue weighted by Crippen LogP contribution is 2.31. The zero-order chi connectivity index (χ0) is 15.4. The minimum Gasteiger partial charge on any atom is -0.497 e.